The Bertz CT molecular complexity index is 1050. The van der Waals surface area contributed by atoms with Gasteiger partial charge in [-0.3, -0.25) is 4.79 Å². The number of allylic oxidation sites excluding steroid dienone is 4. The Morgan fingerprint density at radius 1 is 1.00 bits per heavy atom. The van der Waals surface area contributed by atoms with E-state index in [1.807, 2.05) is 12.1 Å². The van der Waals surface area contributed by atoms with Gasteiger partial charge in [0.25, 0.3) is 0 Å². The highest BCUT2D eigenvalue weighted by atomic mass is 19.1. The predicted molar refractivity (Wildman–Crippen MR) is 113 cm³/mol. The molecule has 4 aliphatic rings. The van der Waals surface area contributed by atoms with E-state index in [-0.39, 0.29) is 17.6 Å². The summed E-state index contributed by atoms with van der Waals surface area (Å²) >= 11 is 0. The van der Waals surface area contributed by atoms with Crippen LogP contribution in [0.25, 0.3) is 0 Å². The van der Waals surface area contributed by atoms with Crippen molar-refractivity contribution in [3.63, 3.8) is 0 Å². The van der Waals surface area contributed by atoms with Crippen molar-refractivity contribution in [1.29, 1.82) is 0 Å². The summed E-state index contributed by atoms with van der Waals surface area (Å²) in [6.07, 6.45) is 11.4. The highest BCUT2D eigenvalue weighted by Crippen LogP contribution is 2.58. The Balaban J connectivity index is 1.59. The van der Waals surface area contributed by atoms with Crippen molar-refractivity contribution in [3.8, 4) is 0 Å². The fraction of sp³-hybridized carbons (Fsp3) is 0.346. The Hall–Kier alpha value is -2.68. The minimum Gasteiger partial charge on any atom is -0.363 e. The molecule has 6 rings (SSSR count). The van der Waals surface area contributed by atoms with E-state index in [1.165, 1.54) is 22.4 Å². The van der Waals surface area contributed by atoms with Crippen LogP contribution in [-0.4, -0.2) is 12.3 Å². The van der Waals surface area contributed by atoms with Crippen molar-refractivity contribution in [1.82, 2.24) is 0 Å². The van der Waals surface area contributed by atoms with Crippen LogP contribution in [0.4, 0.5) is 10.1 Å². The van der Waals surface area contributed by atoms with Crippen LogP contribution in [0.2, 0.25) is 0 Å². The van der Waals surface area contributed by atoms with Gasteiger partial charge in [-0.1, -0.05) is 36.4 Å². The van der Waals surface area contributed by atoms with Gasteiger partial charge in [0.1, 0.15) is 5.82 Å². The van der Waals surface area contributed by atoms with Gasteiger partial charge >= 0.3 is 0 Å². The number of carbonyl (C=O) groups excluding carboxylic acids is 1. The Morgan fingerprint density at radius 2 is 1.69 bits per heavy atom. The van der Waals surface area contributed by atoms with Crippen molar-refractivity contribution in [2.45, 2.75) is 37.6 Å². The highest BCUT2D eigenvalue weighted by Gasteiger charge is 2.47. The summed E-state index contributed by atoms with van der Waals surface area (Å²) in [5, 5.41) is 0. The van der Waals surface area contributed by atoms with Crippen molar-refractivity contribution >= 4 is 11.5 Å². The summed E-state index contributed by atoms with van der Waals surface area (Å²) in [6, 6.07) is 11.6. The number of benzene rings is 2. The topological polar surface area (TPSA) is 20.3 Å². The zero-order valence-corrected chi connectivity index (χ0v) is 16.5. The Morgan fingerprint density at radius 3 is 2.45 bits per heavy atom. The molecule has 2 aliphatic carbocycles. The van der Waals surface area contributed by atoms with E-state index in [4.69, 9.17) is 0 Å². The molecule has 29 heavy (non-hydrogen) atoms. The third-order valence-electron chi connectivity index (χ3n) is 7.47. The van der Waals surface area contributed by atoms with Gasteiger partial charge < -0.3 is 4.90 Å². The molecule has 0 N–H and O–H groups in total. The summed E-state index contributed by atoms with van der Waals surface area (Å²) in [6.45, 7) is 2.69. The van der Waals surface area contributed by atoms with E-state index >= 15 is 0 Å². The van der Waals surface area contributed by atoms with Gasteiger partial charge in [-0.15, -0.1) is 0 Å². The third kappa shape index (κ3) is 2.43. The molecule has 2 aromatic carbocycles. The van der Waals surface area contributed by atoms with Crippen LogP contribution < -0.4 is 4.90 Å². The van der Waals surface area contributed by atoms with Crippen LogP contribution >= 0.6 is 0 Å². The fourth-order valence-electron chi connectivity index (χ4n) is 6.22. The first kappa shape index (κ1) is 17.2. The number of halogens is 1. The number of carbonyl (C=O) groups is 1. The van der Waals surface area contributed by atoms with Crippen molar-refractivity contribution in [3.05, 3.63) is 88.8 Å². The number of hydrogen-bond acceptors (Lipinski definition) is 2. The lowest BCUT2D eigenvalue weighted by Gasteiger charge is -2.51. The third-order valence-corrected chi connectivity index (χ3v) is 7.47. The SMILES string of the molecule is CC(=O)c1cc2c3c(c1)[C@@H]1C=CC[C@@H]1[C@H](c1ccc(F)cc1)N3C[C@@H]1CC=C[C@H]21. The predicted octanol–water partition coefficient (Wildman–Crippen LogP) is 5.92. The number of rotatable bonds is 2. The number of anilines is 1. The molecule has 0 spiro atoms. The number of nitrogens with zero attached hydrogens (tertiary/aromatic N) is 1. The van der Waals surface area contributed by atoms with Gasteiger partial charge in [-0.2, -0.15) is 0 Å². The van der Waals surface area contributed by atoms with Crippen LogP contribution in [0.15, 0.2) is 60.7 Å². The maximum atomic E-state index is 13.6. The van der Waals surface area contributed by atoms with Gasteiger partial charge in [0.15, 0.2) is 5.78 Å². The molecule has 5 atom stereocenters. The molecule has 0 unspecified atom stereocenters. The second kappa shape index (κ2) is 6.16. The molecule has 2 aliphatic heterocycles. The molecule has 3 heteroatoms. The lowest BCUT2D eigenvalue weighted by Crippen LogP contribution is -2.46. The van der Waals surface area contributed by atoms with Gasteiger partial charge in [0, 0.05) is 29.6 Å². The normalized spacial score (nSPS) is 30.8. The minimum atomic E-state index is -0.184. The van der Waals surface area contributed by atoms with Gasteiger partial charge in [-0.25, -0.2) is 4.39 Å². The summed E-state index contributed by atoms with van der Waals surface area (Å²) in [5.41, 5.74) is 5.97. The Labute approximate surface area is 170 Å². The fourth-order valence-corrected chi connectivity index (χ4v) is 6.22. The van der Waals surface area contributed by atoms with E-state index < -0.39 is 0 Å². The van der Waals surface area contributed by atoms with E-state index in [1.54, 1.807) is 19.1 Å². The molecule has 0 radical (unpaired) electrons. The second-order valence-electron chi connectivity index (χ2n) is 9.01. The summed E-state index contributed by atoms with van der Waals surface area (Å²) in [4.78, 5) is 14.9. The molecule has 2 aromatic rings. The zero-order chi connectivity index (χ0) is 19.7. The van der Waals surface area contributed by atoms with Gasteiger partial charge in [0.05, 0.1) is 6.04 Å². The average molecular weight is 385 g/mol. The lowest BCUT2D eigenvalue weighted by molar-refractivity contribution is 0.101. The van der Waals surface area contributed by atoms with E-state index in [0.717, 1.165) is 24.9 Å². The minimum absolute atomic E-state index is 0.138. The van der Waals surface area contributed by atoms with Gasteiger partial charge in [-0.05, 0) is 72.6 Å². The summed E-state index contributed by atoms with van der Waals surface area (Å²) in [7, 11) is 0. The smallest absolute Gasteiger partial charge is 0.159 e. The van der Waals surface area contributed by atoms with Crippen molar-refractivity contribution in [2.24, 2.45) is 11.8 Å². The van der Waals surface area contributed by atoms with E-state index in [9.17, 15) is 9.18 Å². The van der Waals surface area contributed by atoms with E-state index in [2.05, 4.69) is 41.3 Å². The molecule has 0 amide bonds. The van der Waals surface area contributed by atoms with Crippen molar-refractivity contribution < 1.29 is 9.18 Å². The lowest BCUT2D eigenvalue weighted by atomic mass is 9.70. The quantitative estimate of drug-likeness (QED) is 0.472. The first-order valence-corrected chi connectivity index (χ1v) is 10.7. The molecule has 0 saturated carbocycles. The second-order valence-corrected chi connectivity index (χ2v) is 9.01. The molecular formula is C26H24FNO. The first-order valence-electron chi connectivity index (χ1n) is 10.7. The van der Waals surface area contributed by atoms with Crippen LogP contribution in [-0.2, 0) is 0 Å². The summed E-state index contributed by atoms with van der Waals surface area (Å²) in [5.74, 6) is 1.64. The molecule has 2 nitrogen and oxygen atoms in total. The largest absolute Gasteiger partial charge is 0.363 e. The van der Waals surface area contributed by atoms with Crippen LogP contribution in [0.3, 0.4) is 0 Å². The Kier molecular flexibility index (Phi) is 3.65. The maximum Gasteiger partial charge on any atom is 0.159 e. The van der Waals surface area contributed by atoms with E-state index in [0.29, 0.717) is 23.7 Å². The molecular weight excluding hydrogens is 361 g/mol. The first-order chi connectivity index (χ1) is 14.1. The molecule has 0 aromatic heterocycles. The van der Waals surface area contributed by atoms with Crippen LogP contribution in [0, 0.1) is 17.7 Å². The number of hydrogen-bond donors (Lipinski definition) is 0. The van der Waals surface area contributed by atoms with Gasteiger partial charge in [0.2, 0.25) is 0 Å². The zero-order valence-electron chi connectivity index (χ0n) is 16.5. The molecule has 146 valence electrons. The number of fused-ring (bicyclic) bond motifs is 4. The number of ketones is 1. The molecule has 0 fully saturated rings. The highest BCUT2D eigenvalue weighted by molar-refractivity contribution is 5.95. The van der Waals surface area contributed by atoms with Crippen LogP contribution in [0.1, 0.15) is 64.7 Å². The monoisotopic (exact) mass is 385 g/mol. The van der Waals surface area contributed by atoms with Crippen LogP contribution in [0.5, 0.6) is 0 Å². The van der Waals surface area contributed by atoms with Crippen molar-refractivity contribution in [2.75, 3.05) is 11.4 Å². The molecule has 2 heterocycles. The molecule has 0 bridgehead atoms. The summed E-state index contributed by atoms with van der Waals surface area (Å²) < 4.78 is 13.6. The average Bonchev–Trinajstić information content (AvgIpc) is 3.38. The maximum absolute atomic E-state index is 13.6. The number of Topliss-reactive ketones (excluding diaryl/α,β-unsaturated/α-hetero) is 1. The standard InChI is InChI=1S/C26H24FNO/c1-15(29)18-12-23-20-5-2-4-17(20)14-28-25(16-8-10-19(27)11-9-16)22-7-3-6-21(22)24(13-18)26(23)28/h2-3,5-6,8-13,17,20-22,25H,4,7,14H2,1H3/t17-,20-,21+,22-,25-/m0/s1. The molecule has 0 saturated heterocycles.